The van der Waals surface area contributed by atoms with Gasteiger partial charge in [-0.15, -0.1) is 11.3 Å². The smallest absolute Gasteiger partial charge is 0.342 e. The lowest BCUT2D eigenvalue weighted by Gasteiger charge is -2.06. The summed E-state index contributed by atoms with van der Waals surface area (Å²) in [5.74, 6) is -0.685. The highest BCUT2D eigenvalue weighted by atomic mass is 127. The molecule has 14 heavy (non-hydrogen) atoms. The number of nitrogens with one attached hydrogen (secondary N) is 1. The molecule has 1 aromatic rings. The van der Waals surface area contributed by atoms with E-state index >= 15 is 0 Å². The Kier molecular flexibility index (Phi) is 3.76. The Morgan fingerprint density at radius 1 is 1.50 bits per heavy atom. The molecule has 0 aliphatic rings. The zero-order valence-corrected chi connectivity index (χ0v) is 9.66. The third-order valence-electron chi connectivity index (χ3n) is 1.25. The minimum atomic E-state index is -4.36. The number of halogens is 4. The summed E-state index contributed by atoms with van der Waals surface area (Å²) in [5, 5.41) is 1.80. The molecule has 0 radical (unpaired) electrons. The fourth-order valence-corrected chi connectivity index (χ4v) is 2.24. The minimum absolute atomic E-state index is 0.290. The van der Waals surface area contributed by atoms with Crippen molar-refractivity contribution < 1.29 is 18.0 Å². The van der Waals surface area contributed by atoms with E-state index in [1.165, 1.54) is 6.07 Å². The van der Waals surface area contributed by atoms with Crippen molar-refractivity contribution >= 4 is 39.8 Å². The molecule has 0 bridgehead atoms. The van der Waals surface area contributed by atoms with Gasteiger partial charge in [0.05, 0.1) is 7.76 Å². The van der Waals surface area contributed by atoms with Gasteiger partial charge in [-0.3, -0.25) is 4.79 Å². The molecule has 1 rings (SSSR count). The van der Waals surface area contributed by atoms with Crippen molar-refractivity contribution in [2.24, 2.45) is 0 Å². The first-order valence-corrected chi connectivity index (χ1v) is 5.38. The predicted molar refractivity (Wildman–Crippen MR) is 55.4 cm³/mol. The highest BCUT2D eigenvalue weighted by molar-refractivity contribution is 14.1. The van der Waals surface area contributed by atoms with Crippen LogP contribution in [-0.2, 0) is 0 Å². The molecule has 0 fully saturated rings. The molecule has 0 aliphatic carbocycles. The van der Waals surface area contributed by atoms with Gasteiger partial charge in [-0.05, 0) is 34.7 Å². The number of thiophene rings is 1. The zero-order valence-electron chi connectivity index (χ0n) is 6.69. The van der Waals surface area contributed by atoms with Gasteiger partial charge in [0.25, 0.3) is 5.91 Å². The number of alkyl halides is 3. The number of hydrogen-bond donors (Lipinski definition) is 1. The van der Waals surface area contributed by atoms with Crippen molar-refractivity contribution in [3.05, 3.63) is 19.9 Å². The van der Waals surface area contributed by atoms with E-state index in [0.717, 1.165) is 14.2 Å². The molecule has 0 saturated heterocycles. The summed E-state index contributed by atoms with van der Waals surface area (Å²) in [4.78, 5) is 11.4. The molecule has 0 unspecified atom stereocenters. The van der Waals surface area contributed by atoms with Gasteiger partial charge < -0.3 is 5.32 Å². The highest BCUT2D eigenvalue weighted by Crippen LogP contribution is 2.18. The van der Waals surface area contributed by atoms with E-state index in [-0.39, 0.29) is 0 Å². The Hall–Kier alpha value is -0.310. The maximum absolute atomic E-state index is 11.7. The molecule has 0 atom stereocenters. The van der Waals surface area contributed by atoms with Crippen LogP contribution in [0.3, 0.4) is 0 Å². The van der Waals surface area contributed by atoms with Crippen LogP contribution in [0, 0.1) is 2.88 Å². The van der Waals surface area contributed by atoms with Crippen LogP contribution in [0.25, 0.3) is 0 Å². The van der Waals surface area contributed by atoms with E-state index < -0.39 is 18.6 Å². The largest absolute Gasteiger partial charge is 0.405 e. The first-order chi connectivity index (χ1) is 6.38. The monoisotopic (exact) mass is 335 g/mol. The van der Waals surface area contributed by atoms with Gasteiger partial charge in [0.2, 0.25) is 0 Å². The standard InChI is InChI=1S/C7H5F3INOS/c8-7(9,10)3-12-6(13)4-1-2-5(11)14-4/h1-2H,3H2,(H,12,13). The third-order valence-corrected chi connectivity index (χ3v) is 3.14. The van der Waals surface area contributed by atoms with Crippen molar-refractivity contribution in [2.45, 2.75) is 6.18 Å². The van der Waals surface area contributed by atoms with Crippen molar-refractivity contribution in [1.29, 1.82) is 0 Å². The quantitative estimate of drug-likeness (QED) is 0.828. The van der Waals surface area contributed by atoms with E-state index in [0.29, 0.717) is 4.88 Å². The SMILES string of the molecule is O=C(NCC(F)(F)F)c1ccc(I)s1. The van der Waals surface area contributed by atoms with Crippen LogP contribution < -0.4 is 5.32 Å². The maximum atomic E-state index is 11.7. The normalized spacial score (nSPS) is 11.4. The van der Waals surface area contributed by atoms with Gasteiger partial charge in [-0.25, -0.2) is 0 Å². The Labute approximate surface area is 95.6 Å². The zero-order chi connectivity index (χ0) is 10.8. The summed E-state index contributed by atoms with van der Waals surface area (Å²) < 4.78 is 36.0. The van der Waals surface area contributed by atoms with Gasteiger partial charge in [0, 0.05) is 0 Å². The van der Waals surface area contributed by atoms with Crippen LogP contribution in [0.1, 0.15) is 9.67 Å². The lowest BCUT2D eigenvalue weighted by atomic mass is 10.4. The molecule has 1 aromatic heterocycles. The maximum Gasteiger partial charge on any atom is 0.405 e. The van der Waals surface area contributed by atoms with Crippen LogP contribution >= 0.6 is 33.9 Å². The summed E-state index contributed by atoms with van der Waals surface area (Å²) in [6, 6.07) is 3.17. The molecule has 0 saturated carbocycles. The Morgan fingerprint density at radius 3 is 2.57 bits per heavy atom. The summed E-state index contributed by atoms with van der Waals surface area (Å²) in [7, 11) is 0. The number of rotatable bonds is 2. The van der Waals surface area contributed by atoms with Crippen molar-refractivity contribution in [3.63, 3.8) is 0 Å². The van der Waals surface area contributed by atoms with Crippen molar-refractivity contribution in [1.82, 2.24) is 5.32 Å². The summed E-state index contributed by atoms with van der Waals surface area (Å²) in [5.41, 5.74) is 0. The average molecular weight is 335 g/mol. The van der Waals surface area contributed by atoms with Crippen molar-refractivity contribution in [3.8, 4) is 0 Å². The summed E-state index contributed by atoms with van der Waals surface area (Å²) >= 11 is 3.15. The third kappa shape index (κ3) is 3.82. The van der Waals surface area contributed by atoms with Crippen LogP contribution in [0.2, 0.25) is 0 Å². The second-order valence-corrected chi connectivity index (χ2v) is 5.38. The fraction of sp³-hybridized carbons (Fsp3) is 0.286. The van der Waals surface area contributed by atoms with E-state index in [1.54, 1.807) is 11.4 Å². The minimum Gasteiger partial charge on any atom is -0.342 e. The van der Waals surface area contributed by atoms with Crippen LogP contribution in [0.15, 0.2) is 12.1 Å². The second kappa shape index (κ2) is 4.47. The molecule has 0 aliphatic heterocycles. The molecule has 0 aromatic carbocycles. The predicted octanol–water partition coefficient (Wildman–Crippen LogP) is 2.64. The molecule has 2 nitrogen and oxygen atoms in total. The molecule has 1 N–H and O–H groups in total. The number of carbonyl (C=O) groups excluding carboxylic acids is 1. The molecule has 1 amide bonds. The Balaban J connectivity index is 2.52. The van der Waals surface area contributed by atoms with E-state index in [4.69, 9.17) is 0 Å². The van der Waals surface area contributed by atoms with E-state index in [9.17, 15) is 18.0 Å². The first kappa shape index (κ1) is 11.8. The number of hydrogen-bond acceptors (Lipinski definition) is 2. The second-order valence-electron chi connectivity index (χ2n) is 2.40. The summed E-state index contributed by atoms with van der Waals surface area (Å²) in [6.07, 6.45) is -4.36. The van der Waals surface area contributed by atoms with Crippen molar-refractivity contribution in [2.75, 3.05) is 6.54 Å². The molecule has 1 heterocycles. The highest BCUT2D eigenvalue weighted by Gasteiger charge is 2.28. The van der Waals surface area contributed by atoms with Crippen LogP contribution in [-0.4, -0.2) is 18.6 Å². The fourth-order valence-electron chi connectivity index (χ4n) is 0.704. The van der Waals surface area contributed by atoms with E-state index in [2.05, 4.69) is 0 Å². The molecule has 78 valence electrons. The van der Waals surface area contributed by atoms with Crippen LogP contribution in [0.5, 0.6) is 0 Å². The van der Waals surface area contributed by atoms with Crippen LogP contribution in [0.4, 0.5) is 13.2 Å². The molecule has 0 spiro atoms. The molecule has 7 heteroatoms. The number of carbonyl (C=O) groups is 1. The topological polar surface area (TPSA) is 29.1 Å². The Morgan fingerprint density at radius 2 is 2.14 bits per heavy atom. The van der Waals surface area contributed by atoms with Gasteiger partial charge in [-0.1, -0.05) is 0 Å². The van der Waals surface area contributed by atoms with Gasteiger partial charge in [-0.2, -0.15) is 13.2 Å². The Bertz CT molecular complexity index is 336. The lowest BCUT2D eigenvalue weighted by molar-refractivity contribution is -0.123. The van der Waals surface area contributed by atoms with E-state index in [1.807, 2.05) is 22.6 Å². The van der Waals surface area contributed by atoms with Gasteiger partial charge in [0.1, 0.15) is 6.54 Å². The first-order valence-electron chi connectivity index (χ1n) is 3.49. The molecular weight excluding hydrogens is 330 g/mol. The average Bonchev–Trinajstić information content (AvgIpc) is 2.46. The molecular formula is C7H5F3INOS. The van der Waals surface area contributed by atoms with Gasteiger partial charge >= 0.3 is 6.18 Å². The summed E-state index contributed by atoms with van der Waals surface area (Å²) in [6.45, 7) is -1.29. The number of amides is 1. The lowest BCUT2D eigenvalue weighted by Crippen LogP contribution is -2.33. The van der Waals surface area contributed by atoms with Gasteiger partial charge in [0.15, 0.2) is 0 Å².